The van der Waals surface area contributed by atoms with Crippen molar-refractivity contribution in [1.82, 2.24) is 43.9 Å². The van der Waals surface area contributed by atoms with Crippen LogP contribution in [0.3, 0.4) is 0 Å². The first kappa shape index (κ1) is 45.1. The smallest absolute Gasteiger partial charge is 0.412 e. The highest BCUT2D eigenvalue weighted by molar-refractivity contribution is 8.07. The molecule has 5 N–H and O–H groups in total. The van der Waals surface area contributed by atoms with Gasteiger partial charge in [0.05, 0.1) is 52.0 Å². The van der Waals surface area contributed by atoms with Crippen LogP contribution in [0.15, 0.2) is 25.3 Å². The third-order valence-corrected chi connectivity index (χ3v) is 12.6. The number of ketones is 1. The number of hydrogen-bond acceptors (Lipinski definition) is 20. The summed E-state index contributed by atoms with van der Waals surface area (Å²) in [5.74, 6) is -0.364. The molecule has 0 spiro atoms. The number of amides is 2. The zero-order valence-corrected chi connectivity index (χ0v) is 35.5. The summed E-state index contributed by atoms with van der Waals surface area (Å²) in [6.45, 7) is -8.40. The van der Waals surface area contributed by atoms with Crippen molar-refractivity contribution in [2.45, 2.75) is 69.0 Å². The Labute approximate surface area is 353 Å². The van der Waals surface area contributed by atoms with Gasteiger partial charge in [0.1, 0.15) is 55.0 Å². The number of hydrogen-bond donors (Lipinski definition) is 4. The summed E-state index contributed by atoms with van der Waals surface area (Å²) >= 11 is 10.4. The number of halogens is 2. The molecule has 24 nitrogen and oxygen atoms in total. The quantitative estimate of drug-likeness (QED) is 0.115. The number of carbonyl (C=O) groups is 3. The molecule has 0 radical (unpaired) electrons. The van der Waals surface area contributed by atoms with E-state index < -0.39 is 82.0 Å². The SMILES string of the molecule is CC(=O)CCOCCC(=O)N(C)CCOC(=O)Nc1ncnc2c1ncn2[C@@H]1O[C@@H]2COP(O)(=S)O[C@H]3[C@@H](F)[C@H](n4cnc5c(N)ncnc54)O[C@@H]3COP(O)(=S)O[C@H]2[C@H]1F. The molecule has 3 aliphatic rings. The monoisotopic (exact) mass is 937 g/mol. The number of rotatable bonds is 12. The summed E-state index contributed by atoms with van der Waals surface area (Å²) in [7, 11) is 1.52. The number of alkyl halides is 2. The molecule has 2 amide bonds. The lowest BCUT2D eigenvalue weighted by molar-refractivity contribution is -0.131. The van der Waals surface area contributed by atoms with Gasteiger partial charge >= 0.3 is 19.5 Å². The van der Waals surface area contributed by atoms with Crippen LogP contribution < -0.4 is 11.1 Å². The topological polar surface area (TPSA) is 294 Å². The predicted molar refractivity (Wildman–Crippen MR) is 211 cm³/mol. The zero-order valence-electron chi connectivity index (χ0n) is 32.0. The Morgan fingerprint density at radius 3 is 2.00 bits per heavy atom. The molecule has 3 fully saturated rings. The second kappa shape index (κ2) is 18.8. The summed E-state index contributed by atoms with van der Waals surface area (Å²) in [6.07, 6.45) is -9.40. The van der Waals surface area contributed by atoms with Crippen LogP contribution in [0.25, 0.3) is 22.3 Å². The molecular formula is C31H39F2N11O13P2S2. The zero-order chi connectivity index (χ0) is 43.6. The molecular weight excluding hydrogens is 898 g/mol. The maximum absolute atomic E-state index is 16.5. The van der Waals surface area contributed by atoms with Crippen molar-refractivity contribution in [3.8, 4) is 0 Å². The second-order valence-corrected chi connectivity index (χ2v) is 19.3. The first-order valence-electron chi connectivity index (χ1n) is 18.3. The van der Waals surface area contributed by atoms with E-state index in [4.69, 9.17) is 66.4 Å². The fourth-order valence-electron chi connectivity index (χ4n) is 6.45. The van der Waals surface area contributed by atoms with E-state index in [1.165, 1.54) is 29.8 Å². The lowest BCUT2D eigenvalue weighted by Gasteiger charge is -2.29. The average molecular weight is 938 g/mol. The van der Waals surface area contributed by atoms with Crippen LogP contribution in [0, 0.1) is 0 Å². The number of nitrogens with two attached hydrogens (primary N) is 1. The summed E-state index contributed by atoms with van der Waals surface area (Å²) in [5.41, 5.74) is 6.15. The molecule has 4 aromatic heterocycles. The normalized spacial score (nSPS) is 30.6. The van der Waals surface area contributed by atoms with Crippen LogP contribution in [0.4, 0.5) is 25.2 Å². The number of fused-ring (bicyclic) bond motifs is 4. The standard InChI is InChI=1S/C31H39F2N11O13P2S2/c1-15(45)3-6-50-7-4-18(46)42(2)5-8-51-31(47)41-26-22-28(38-12-36-26)44(14-40-22)30-20(33)24-17(55-30)10-53-58(48,60)56-23-16(9-52-59(49,61)57-24)54-29(19(23)32)43-13-39-21-25(34)35-11-37-27(21)43/h11-14,16-17,19-20,23-24,29-30H,3-10H2,1-2H3,(H,48,60)(H,49,61)(H2,34,35,37)(H,36,38,41,47)/t16-,17-,19-,20-,23-,24-,29-,30-,58?,59?/m1/s1. The fourth-order valence-corrected chi connectivity index (χ4v) is 9.32. The molecule has 3 aliphatic heterocycles. The fraction of sp³-hybridized carbons (Fsp3) is 0.581. The van der Waals surface area contributed by atoms with E-state index in [0.717, 1.165) is 23.5 Å². The number of nitrogen functional groups attached to an aromatic ring is 1. The van der Waals surface area contributed by atoms with Crippen LogP contribution in [0.2, 0.25) is 0 Å². The van der Waals surface area contributed by atoms with E-state index in [9.17, 15) is 24.2 Å². The molecule has 10 atom stereocenters. The Hall–Kier alpha value is -3.89. The molecule has 332 valence electrons. The minimum atomic E-state index is -4.37. The number of ether oxygens (including phenoxy) is 4. The summed E-state index contributed by atoms with van der Waals surface area (Å²) in [5, 5.41) is 2.43. The van der Waals surface area contributed by atoms with Crippen LogP contribution >= 0.6 is 13.4 Å². The molecule has 0 aliphatic carbocycles. The first-order valence-corrected chi connectivity index (χ1v) is 23.5. The maximum atomic E-state index is 16.5. The van der Waals surface area contributed by atoms with Crippen LogP contribution in [-0.4, -0.2) is 155 Å². The number of carbonyl (C=O) groups excluding carboxylic acids is 3. The third-order valence-electron chi connectivity index (χ3n) is 9.51. The molecule has 30 heteroatoms. The van der Waals surface area contributed by atoms with Crippen LogP contribution in [0.5, 0.6) is 0 Å². The van der Waals surface area contributed by atoms with E-state index in [0.29, 0.717) is 0 Å². The molecule has 7 heterocycles. The Morgan fingerprint density at radius 2 is 1.41 bits per heavy atom. The Morgan fingerprint density at radius 1 is 0.869 bits per heavy atom. The first-order chi connectivity index (χ1) is 29.0. The van der Waals surface area contributed by atoms with Gasteiger partial charge in [-0.1, -0.05) is 0 Å². The third kappa shape index (κ3) is 10.3. The van der Waals surface area contributed by atoms with Gasteiger partial charge in [0.25, 0.3) is 0 Å². The molecule has 4 aromatic rings. The van der Waals surface area contributed by atoms with Gasteiger partial charge in [0, 0.05) is 13.5 Å². The Balaban J connectivity index is 0.997. The van der Waals surface area contributed by atoms with Gasteiger partial charge in [0.2, 0.25) is 5.91 Å². The lowest BCUT2D eigenvalue weighted by atomic mass is 10.1. The molecule has 0 bridgehead atoms. The number of nitrogens with zero attached hydrogens (tertiary/aromatic N) is 9. The minimum absolute atomic E-state index is 0.00419. The van der Waals surface area contributed by atoms with Crippen molar-refractivity contribution in [3.63, 3.8) is 0 Å². The molecule has 2 unspecified atom stereocenters. The highest BCUT2D eigenvalue weighted by atomic mass is 32.5. The van der Waals surface area contributed by atoms with Crippen molar-refractivity contribution in [2.24, 2.45) is 0 Å². The van der Waals surface area contributed by atoms with Crippen molar-refractivity contribution >= 4 is 88.8 Å². The van der Waals surface area contributed by atoms with Crippen molar-refractivity contribution in [3.05, 3.63) is 25.3 Å². The molecule has 0 saturated carbocycles. The molecule has 0 aromatic carbocycles. The number of nitrogens with one attached hydrogen (secondary N) is 1. The second-order valence-electron chi connectivity index (χ2n) is 13.7. The van der Waals surface area contributed by atoms with Gasteiger partial charge in [-0.2, -0.15) is 0 Å². The van der Waals surface area contributed by atoms with Crippen LogP contribution in [-0.2, 0) is 70.2 Å². The van der Waals surface area contributed by atoms with Crippen molar-refractivity contribution < 1.29 is 70.0 Å². The van der Waals surface area contributed by atoms with Crippen molar-refractivity contribution in [2.75, 3.05) is 57.7 Å². The van der Waals surface area contributed by atoms with E-state index in [1.807, 2.05) is 0 Å². The average Bonchev–Trinajstić information content (AvgIpc) is 3.97. The summed E-state index contributed by atoms with van der Waals surface area (Å²) < 4.78 is 79.7. The summed E-state index contributed by atoms with van der Waals surface area (Å²) in [6, 6.07) is 0. The van der Waals surface area contributed by atoms with Gasteiger partial charge in [-0.15, -0.1) is 0 Å². The number of imidazole rings is 2. The van der Waals surface area contributed by atoms with E-state index in [2.05, 4.69) is 35.2 Å². The van der Waals surface area contributed by atoms with E-state index >= 15 is 8.78 Å². The van der Waals surface area contributed by atoms with Gasteiger partial charge in [0.15, 0.2) is 53.2 Å². The molecule has 3 saturated heterocycles. The number of aromatic nitrogens is 8. The van der Waals surface area contributed by atoms with Gasteiger partial charge in [-0.3, -0.25) is 33.1 Å². The minimum Gasteiger partial charge on any atom is -0.447 e. The molecule has 7 rings (SSSR count). The lowest BCUT2D eigenvalue weighted by Crippen LogP contribution is -2.37. The number of anilines is 2. The van der Waals surface area contributed by atoms with Gasteiger partial charge < -0.3 is 48.4 Å². The summed E-state index contributed by atoms with van der Waals surface area (Å²) in [4.78, 5) is 84.1. The Kier molecular flexibility index (Phi) is 13.9. The van der Waals surface area contributed by atoms with Gasteiger partial charge in [-0.05, 0) is 30.5 Å². The van der Waals surface area contributed by atoms with Crippen molar-refractivity contribution in [1.29, 1.82) is 0 Å². The number of Topliss-reactive ketones (excluding diaryl/α,β-unsaturated/α-hetero) is 1. The number of likely N-dealkylation sites (N-methyl/N-ethyl adjacent to an activating group) is 1. The Bertz CT molecular complexity index is 2370. The largest absolute Gasteiger partial charge is 0.447 e. The molecule has 61 heavy (non-hydrogen) atoms. The van der Waals surface area contributed by atoms with Gasteiger partial charge in [-0.25, -0.2) is 43.5 Å². The van der Waals surface area contributed by atoms with E-state index in [1.54, 1.807) is 0 Å². The highest BCUT2D eigenvalue weighted by Crippen LogP contribution is 2.54. The van der Waals surface area contributed by atoms with E-state index in [-0.39, 0.29) is 84.9 Å². The maximum Gasteiger partial charge on any atom is 0.412 e. The highest BCUT2D eigenvalue weighted by Gasteiger charge is 2.53. The predicted octanol–water partition coefficient (Wildman–Crippen LogP) is 1.36. The van der Waals surface area contributed by atoms with Crippen LogP contribution in [0.1, 0.15) is 32.2 Å².